The number of benzene rings is 1. The molecule has 21 heavy (non-hydrogen) atoms. The number of rotatable bonds is 5. The molecule has 0 atom stereocenters. The third-order valence-corrected chi connectivity index (χ3v) is 2.93. The van der Waals surface area contributed by atoms with Crippen LogP contribution in [0.1, 0.15) is 17.3 Å². The zero-order valence-corrected chi connectivity index (χ0v) is 12.1. The molecule has 0 saturated heterocycles. The molecule has 7 heteroatoms. The molecule has 0 bridgehead atoms. The SMILES string of the molecule is CCOC(=O)c1cnn(CC(=O)Nc2ccccc2Cl)c1. The lowest BCUT2D eigenvalue weighted by atomic mass is 10.3. The summed E-state index contributed by atoms with van der Waals surface area (Å²) in [6, 6.07) is 6.93. The molecule has 6 nitrogen and oxygen atoms in total. The van der Waals surface area contributed by atoms with Crippen LogP contribution in [0.4, 0.5) is 5.69 Å². The Hall–Kier alpha value is -2.34. The standard InChI is InChI=1S/C14H14ClN3O3/c1-2-21-14(20)10-7-16-18(8-10)9-13(19)17-12-6-4-3-5-11(12)15/h3-8H,2,9H2,1H3,(H,17,19). The predicted octanol–water partition coefficient (Wildman–Crippen LogP) is 2.35. The molecule has 1 amide bonds. The van der Waals surface area contributed by atoms with Gasteiger partial charge in [-0.3, -0.25) is 9.48 Å². The Morgan fingerprint density at radius 2 is 2.14 bits per heavy atom. The van der Waals surface area contributed by atoms with E-state index in [2.05, 4.69) is 10.4 Å². The van der Waals surface area contributed by atoms with E-state index >= 15 is 0 Å². The molecule has 1 aromatic heterocycles. The number of aromatic nitrogens is 2. The number of halogens is 1. The summed E-state index contributed by atoms with van der Waals surface area (Å²) in [5.41, 5.74) is 0.837. The molecule has 2 aromatic rings. The molecule has 1 aromatic carbocycles. The van der Waals surface area contributed by atoms with Gasteiger partial charge in [-0.1, -0.05) is 23.7 Å². The van der Waals surface area contributed by atoms with E-state index in [0.717, 1.165) is 0 Å². The maximum Gasteiger partial charge on any atom is 0.341 e. The molecule has 0 aliphatic carbocycles. The Morgan fingerprint density at radius 3 is 2.86 bits per heavy atom. The smallest absolute Gasteiger partial charge is 0.341 e. The van der Waals surface area contributed by atoms with Crippen LogP contribution < -0.4 is 5.32 Å². The lowest BCUT2D eigenvalue weighted by molar-refractivity contribution is -0.116. The second-order valence-corrected chi connectivity index (χ2v) is 4.58. The van der Waals surface area contributed by atoms with E-state index in [1.54, 1.807) is 31.2 Å². The van der Waals surface area contributed by atoms with Gasteiger partial charge in [0.25, 0.3) is 0 Å². The number of amides is 1. The maximum absolute atomic E-state index is 11.9. The summed E-state index contributed by atoms with van der Waals surface area (Å²) in [6.45, 7) is 1.99. The summed E-state index contributed by atoms with van der Waals surface area (Å²) in [4.78, 5) is 23.4. The molecule has 0 saturated carbocycles. The van der Waals surface area contributed by atoms with Crippen molar-refractivity contribution < 1.29 is 14.3 Å². The first kappa shape index (κ1) is 15.1. The highest BCUT2D eigenvalue weighted by Gasteiger charge is 2.11. The number of esters is 1. The highest BCUT2D eigenvalue weighted by molar-refractivity contribution is 6.33. The molecule has 0 fully saturated rings. The number of carbonyl (C=O) groups is 2. The lowest BCUT2D eigenvalue weighted by Gasteiger charge is -2.06. The van der Waals surface area contributed by atoms with Crippen molar-refractivity contribution in [3.8, 4) is 0 Å². The molecule has 0 spiro atoms. The minimum absolute atomic E-state index is 0.0232. The Balaban J connectivity index is 1.97. The van der Waals surface area contributed by atoms with Gasteiger partial charge in [0.1, 0.15) is 6.54 Å². The fraction of sp³-hybridized carbons (Fsp3) is 0.214. The van der Waals surface area contributed by atoms with Crippen LogP contribution in [0.5, 0.6) is 0 Å². The largest absolute Gasteiger partial charge is 0.462 e. The Morgan fingerprint density at radius 1 is 1.38 bits per heavy atom. The van der Waals surface area contributed by atoms with Crippen LogP contribution in [0.25, 0.3) is 0 Å². The first-order valence-corrected chi connectivity index (χ1v) is 6.72. The number of carbonyl (C=O) groups excluding carboxylic acids is 2. The lowest BCUT2D eigenvalue weighted by Crippen LogP contribution is -2.19. The van der Waals surface area contributed by atoms with Gasteiger partial charge in [-0.05, 0) is 19.1 Å². The summed E-state index contributed by atoms with van der Waals surface area (Å²) in [7, 11) is 0. The summed E-state index contributed by atoms with van der Waals surface area (Å²) in [5, 5.41) is 7.08. The average Bonchev–Trinajstić information content (AvgIpc) is 2.90. The van der Waals surface area contributed by atoms with Gasteiger partial charge in [0.2, 0.25) is 5.91 Å². The zero-order valence-electron chi connectivity index (χ0n) is 11.4. The highest BCUT2D eigenvalue weighted by atomic mass is 35.5. The number of nitrogens with zero attached hydrogens (tertiary/aromatic N) is 2. The first-order chi connectivity index (χ1) is 10.1. The molecule has 0 radical (unpaired) electrons. The molecule has 1 N–H and O–H groups in total. The molecule has 110 valence electrons. The van der Waals surface area contributed by atoms with Gasteiger partial charge < -0.3 is 10.1 Å². The molecule has 0 unspecified atom stereocenters. The maximum atomic E-state index is 11.9. The number of hydrogen-bond acceptors (Lipinski definition) is 4. The van der Waals surface area contributed by atoms with Crippen molar-refractivity contribution in [3.63, 3.8) is 0 Å². The number of ether oxygens (including phenoxy) is 1. The number of para-hydroxylation sites is 1. The van der Waals surface area contributed by atoms with Crippen molar-refractivity contribution in [3.05, 3.63) is 47.2 Å². The molecule has 0 aliphatic rings. The molecule has 2 rings (SSSR count). The summed E-state index contributed by atoms with van der Waals surface area (Å²) < 4.78 is 6.21. The minimum atomic E-state index is -0.463. The van der Waals surface area contributed by atoms with Gasteiger partial charge >= 0.3 is 5.97 Å². The quantitative estimate of drug-likeness (QED) is 0.861. The van der Waals surface area contributed by atoms with Crippen LogP contribution in [0, 0.1) is 0 Å². The second kappa shape index (κ2) is 6.90. The van der Waals surface area contributed by atoms with E-state index in [0.29, 0.717) is 16.3 Å². The van der Waals surface area contributed by atoms with E-state index in [9.17, 15) is 9.59 Å². The van der Waals surface area contributed by atoms with Crippen molar-refractivity contribution in [2.24, 2.45) is 0 Å². The topological polar surface area (TPSA) is 73.2 Å². The van der Waals surface area contributed by atoms with E-state index in [1.807, 2.05) is 0 Å². The first-order valence-electron chi connectivity index (χ1n) is 6.34. The van der Waals surface area contributed by atoms with Crippen LogP contribution in [-0.4, -0.2) is 28.3 Å². The van der Waals surface area contributed by atoms with Gasteiger partial charge in [0.15, 0.2) is 0 Å². The van der Waals surface area contributed by atoms with Crippen molar-refractivity contribution >= 4 is 29.2 Å². The zero-order chi connectivity index (χ0) is 15.2. The fourth-order valence-electron chi connectivity index (χ4n) is 1.67. The van der Waals surface area contributed by atoms with Crippen molar-refractivity contribution in [1.29, 1.82) is 0 Å². The summed E-state index contributed by atoms with van der Waals surface area (Å²) >= 11 is 5.95. The third kappa shape index (κ3) is 4.06. The average molecular weight is 308 g/mol. The number of nitrogens with one attached hydrogen (secondary N) is 1. The predicted molar refractivity (Wildman–Crippen MR) is 78.3 cm³/mol. The van der Waals surface area contributed by atoms with Gasteiger partial charge in [-0.25, -0.2) is 4.79 Å². The van der Waals surface area contributed by atoms with Gasteiger partial charge in [0.05, 0.1) is 29.1 Å². The molecular formula is C14H14ClN3O3. The van der Waals surface area contributed by atoms with Crippen molar-refractivity contribution in [2.75, 3.05) is 11.9 Å². The van der Waals surface area contributed by atoms with Crippen LogP contribution in [-0.2, 0) is 16.1 Å². The molecular weight excluding hydrogens is 294 g/mol. The minimum Gasteiger partial charge on any atom is -0.462 e. The van der Waals surface area contributed by atoms with Crippen LogP contribution in [0.15, 0.2) is 36.7 Å². The van der Waals surface area contributed by atoms with E-state index in [4.69, 9.17) is 16.3 Å². The van der Waals surface area contributed by atoms with Crippen LogP contribution >= 0.6 is 11.6 Å². The normalized spacial score (nSPS) is 10.2. The van der Waals surface area contributed by atoms with Crippen molar-refractivity contribution in [1.82, 2.24) is 9.78 Å². The van der Waals surface area contributed by atoms with E-state index in [-0.39, 0.29) is 19.1 Å². The highest BCUT2D eigenvalue weighted by Crippen LogP contribution is 2.20. The Kier molecular flexibility index (Phi) is 4.94. The van der Waals surface area contributed by atoms with E-state index < -0.39 is 5.97 Å². The van der Waals surface area contributed by atoms with Crippen LogP contribution in [0.2, 0.25) is 5.02 Å². The molecule has 0 aliphatic heterocycles. The number of anilines is 1. The summed E-state index contributed by atoms with van der Waals surface area (Å²) in [5.74, 6) is -0.753. The van der Waals surface area contributed by atoms with E-state index in [1.165, 1.54) is 17.1 Å². The Bertz CT molecular complexity index is 654. The van der Waals surface area contributed by atoms with Crippen molar-refractivity contribution in [2.45, 2.75) is 13.5 Å². The van der Waals surface area contributed by atoms with Gasteiger partial charge in [-0.2, -0.15) is 5.10 Å². The second-order valence-electron chi connectivity index (χ2n) is 4.18. The fourth-order valence-corrected chi connectivity index (χ4v) is 1.85. The van der Waals surface area contributed by atoms with Gasteiger partial charge in [0, 0.05) is 6.20 Å². The van der Waals surface area contributed by atoms with Gasteiger partial charge in [-0.15, -0.1) is 0 Å². The summed E-state index contributed by atoms with van der Waals surface area (Å²) in [6.07, 6.45) is 2.82. The van der Waals surface area contributed by atoms with Crippen LogP contribution in [0.3, 0.4) is 0 Å². The number of hydrogen-bond donors (Lipinski definition) is 1. The Labute approximate surface area is 126 Å². The molecule has 1 heterocycles. The monoisotopic (exact) mass is 307 g/mol. The third-order valence-electron chi connectivity index (χ3n) is 2.60.